The van der Waals surface area contributed by atoms with Crippen LogP contribution in [-0.2, 0) is 5.75 Å². The van der Waals surface area contributed by atoms with Gasteiger partial charge < -0.3 is 14.8 Å². The van der Waals surface area contributed by atoms with E-state index in [0.29, 0.717) is 33.7 Å². The van der Waals surface area contributed by atoms with Crippen molar-refractivity contribution in [1.82, 2.24) is 5.32 Å². The number of nitrogens with one attached hydrogen (secondary N) is 1. The maximum absolute atomic E-state index is 12.3. The number of methoxy groups -OCH3 is 2. The summed E-state index contributed by atoms with van der Waals surface area (Å²) in [6.07, 6.45) is 0. The molecular formula is C18H19Cl2NO3S. The molecule has 0 aromatic heterocycles. The van der Waals surface area contributed by atoms with Crippen LogP contribution in [0.5, 0.6) is 11.5 Å². The zero-order valence-electron chi connectivity index (χ0n) is 14.0. The van der Waals surface area contributed by atoms with Gasteiger partial charge in [0.15, 0.2) is 11.5 Å². The van der Waals surface area contributed by atoms with Gasteiger partial charge >= 0.3 is 0 Å². The third kappa shape index (κ3) is 5.46. The minimum Gasteiger partial charge on any atom is -0.493 e. The van der Waals surface area contributed by atoms with Crippen LogP contribution < -0.4 is 14.8 Å². The molecule has 0 radical (unpaired) electrons. The topological polar surface area (TPSA) is 47.6 Å². The Kier molecular flexibility index (Phi) is 7.75. The van der Waals surface area contributed by atoms with Crippen LogP contribution in [0.15, 0.2) is 36.4 Å². The Balaban J connectivity index is 1.83. The van der Waals surface area contributed by atoms with E-state index in [2.05, 4.69) is 5.32 Å². The number of carbonyl (C=O) groups is 1. The van der Waals surface area contributed by atoms with E-state index in [1.165, 1.54) is 14.2 Å². The SMILES string of the molecule is COc1cccc(C(=O)NCCSCc2ccc(Cl)cc2Cl)c1OC. The van der Waals surface area contributed by atoms with Gasteiger partial charge in [-0.2, -0.15) is 11.8 Å². The summed E-state index contributed by atoms with van der Waals surface area (Å²) < 4.78 is 10.5. The van der Waals surface area contributed by atoms with Crippen molar-refractivity contribution in [2.75, 3.05) is 26.5 Å². The number of carbonyl (C=O) groups excluding carboxylic acids is 1. The van der Waals surface area contributed by atoms with Crippen molar-refractivity contribution in [3.05, 3.63) is 57.6 Å². The normalized spacial score (nSPS) is 10.4. The lowest BCUT2D eigenvalue weighted by molar-refractivity contribution is 0.0952. The second kappa shape index (κ2) is 9.80. The summed E-state index contributed by atoms with van der Waals surface area (Å²) in [5.74, 6) is 2.29. The van der Waals surface area contributed by atoms with Crippen LogP contribution in [-0.4, -0.2) is 32.4 Å². The Morgan fingerprint density at radius 3 is 2.64 bits per heavy atom. The lowest BCUT2D eigenvalue weighted by Crippen LogP contribution is -2.26. The van der Waals surface area contributed by atoms with Gasteiger partial charge in [0, 0.05) is 28.1 Å². The quantitative estimate of drug-likeness (QED) is 0.654. The fourth-order valence-electron chi connectivity index (χ4n) is 2.22. The summed E-state index contributed by atoms with van der Waals surface area (Å²) in [6, 6.07) is 10.7. The van der Waals surface area contributed by atoms with Gasteiger partial charge in [0.1, 0.15) is 0 Å². The predicted molar refractivity (Wildman–Crippen MR) is 105 cm³/mol. The fourth-order valence-corrected chi connectivity index (χ4v) is 3.64. The van der Waals surface area contributed by atoms with E-state index in [4.69, 9.17) is 32.7 Å². The molecule has 0 aliphatic rings. The molecule has 25 heavy (non-hydrogen) atoms. The van der Waals surface area contributed by atoms with Crippen LogP contribution in [0.4, 0.5) is 0 Å². The molecule has 0 aliphatic heterocycles. The molecule has 2 aromatic carbocycles. The third-order valence-electron chi connectivity index (χ3n) is 3.45. The van der Waals surface area contributed by atoms with Crippen LogP contribution in [0.3, 0.4) is 0 Å². The molecule has 134 valence electrons. The van der Waals surface area contributed by atoms with Gasteiger partial charge in [-0.05, 0) is 29.8 Å². The molecule has 0 heterocycles. The Labute approximate surface area is 161 Å². The molecule has 1 N–H and O–H groups in total. The molecule has 0 unspecified atom stereocenters. The first kappa shape index (κ1) is 19.8. The molecule has 0 fully saturated rings. The van der Waals surface area contributed by atoms with Gasteiger partial charge in [0.05, 0.1) is 19.8 Å². The summed E-state index contributed by atoms with van der Waals surface area (Å²) in [5, 5.41) is 4.17. The summed E-state index contributed by atoms with van der Waals surface area (Å²) in [6.45, 7) is 0.537. The summed E-state index contributed by atoms with van der Waals surface area (Å²) in [5.41, 5.74) is 1.48. The number of ether oxygens (including phenoxy) is 2. The summed E-state index contributed by atoms with van der Waals surface area (Å²) >= 11 is 13.7. The van der Waals surface area contributed by atoms with Gasteiger partial charge in [0.2, 0.25) is 0 Å². The van der Waals surface area contributed by atoms with Crippen molar-refractivity contribution in [2.45, 2.75) is 5.75 Å². The molecule has 0 atom stereocenters. The molecule has 0 bridgehead atoms. The zero-order valence-corrected chi connectivity index (χ0v) is 16.3. The van der Waals surface area contributed by atoms with E-state index in [9.17, 15) is 4.79 Å². The van der Waals surface area contributed by atoms with Crippen LogP contribution in [0.25, 0.3) is 0 Å². The number of rotatable bonds is 8. The fraction of sp³-hybridized carbons (Fsp3) is 0.278. The van der Waals surface area contributed by atoms with E-state index in [1.807, 2.05) is 12.1 Å². The Hall–Kier alpha value is -1.56. The number of thioether (sulfide) groups is 1. The first-order chi connectivity index (χ1) is 12.1. The molecule has 1 amide bonds. The third-order valence-corrected chi connectivity index (χ3v) is 5.05. The highest BCUT2D eigenvalue weighted by Crippen LogP contribution is 2.30. The van der Waals surface area contributed by atoms with E-state index in [0.717, 1.165) is 17.1 Å². The van der Waals surface area contributed by atoms with Crippen LogP contribution in [0, 0.1) is 0 Å². The van der Waals surface area contributed by atoms with Crippen molar-refractivity contribution in [1.29, 1.82) is 0 Å². The van der Waals surface area contributed by atoms with Crippen LogP contribution in [0.1, 0.15) is 15.9 Å². The molecule has 0 saturated carbocycles. The largest absolute Gasteiger partial charge is 0.493 e. The second-order valence-electron chi connectivity index (χ2n) is 5.09. The number of benzene rings is 2. The van der Waals surface area contributed by atoms with Gasteiger partial charge in [0.25, 0.3) is 5.91 Å². The van der Waals surface area contributed by atoms with Gasteiger partial charge in [-0.3, -0.25) is 4.79 Å². The van der Waals surface area contributed by atoms with E-state index in [1.54, 1.807) is 36.0 Å². The molecule has 4 nitrogen and oxygen atoms in total. The Morgan fingerprint density at radius 1 is 1.16 bits per heavy atom. The smallest absolute Gasteiger partial charge is 0.255 e. The monoisotopic (exact) mass is 399 g/mol. The van der Waals surface area contributed by atoms with Gasteiger partial charge in [-0.1, -0.05) is 35.3 Å². The highest BCUT2D eigenvalue weighted by Gasteiger charge is 2.15. The number of para-hydroxylation sites is 1. The van der Waals surface area contributed by atoms with Crippen molar-refractivity contribution in [2.24, 2.45) is 0 Å². The second-order valence-corrected chi connectivity index (χ2v) is 7.03. The van der Waals surface area contributed by atoms with Crippen molar-refractivity contribution in [3.8, 4) is 11.5 Å². The standard InChI is InChI=1S/C18H19Cl2NO3S/c1-23-16-5-3-4-14(17(16)24-2)18(22)21-8-9-25-11-12-6-7-13(19)10-15(12)20/h3-7,10H,8-9,11H2,1-2H3,(H,21,22). The van der Waals surface area contributed by atoms with Crippen molar-refractivity contribution < 1.29 is 14.3 Å². The van der Waals surface area contributed by atoms with Crippen molar-refractivity contribution in [3.63, 3.8) is 0 Å². The lowest BCUT2D eigenvalue weighted by atomic mass is 10.1. The Morgan fingerprint density at radius 2 is 1.96 bits per heavy atom. The predicted octanol–water partition coefficient (Wildman–Crippen LogP) is 4.67. The van der Waals surface area contributed by atoms with Gasteiger partial charge in [-0.25, -0.2) is 0 Å². The molecule has 2 rings (SSSR count). The molecule has 7 heteroatoms. The lowest BCUT2D eigenvalue weighted by Gasteiger charge is -2.12. The minimum absolute atomic E-state index is 0.194. The number of hydrogen-bond donors (Lipinski definition) is 1. The zero-order chi connectivity index (χ0) is 18.2. The van der Waals surface area contributed by atoms with Crippen molar-refractivity contribution >= 4 is 40.9 Å². The Bertz CT molecular complexity index is 740. The van der Waals surface area contributed by atoms with E-state index >= 15 is 0 Å². The molecular weight excluding hydrogens is 381 g/mol. The first-order valence-electron chi connectivity index (χ1n) is 7.57. The molecule has 0 aliphatic carbocycles. The highest BCUT2D eigenvalue weighted by atomic mass is 35.5. The van der Waals surface area contributed by atoms with Gasteiger partial charge in [-0.15, -0.1) is 0 Å². The van der Waals surface area contributed by atoms with E-state index in [-0.39, 0.29) is 5.91 Å². The number of amides is 1. The number of halogens is 2. The summed E-state index contributed by atoms with van der Waals surface area (Å²) in [4.78, 5) is 12.3. The summed E-state index contributed by atoms with van der Waals surface area (Å²) in [7, 11) is 3.05. The molecule has 2 aromatic rings. The average Bonchev–Trinajstić information content (AvgIpc) is 2.62. The maximum atomic E-state index is 12.3. The minimum atomic E-state index is -0.194. The molecule has 0 spiro atoms. The maximum Gasteiger partial charge on any atom is 0.255 e. The highest BCUT2D eigenvalue weighted by molar-refractivity contribution is 7.98. The average molecular weight is 400 g/mol. The van der Waals surface area contributed by atoms with Crippen LogP contribution >= 0.6 is 35.0 Å². The molecule has 0 saturated heterocycles. The number of hydrogen-bond acceptors (Lipinski definition) is 4. The first-order valence-corrected chi connectivity index (χ1v) is 9.48. The van der Waals surface area contributed by atoms with E-state index < -0.39 is 0 Å². The van der Waals surface area contributed by atoms with Crippen LogP contribution in [0.2, 0.25) is 10.0 Å².